The molecule has 2 aromatic rings. The molecule has 8 nitrogen and oxygen atoms in total. The van der Waals surface area contributed by atoms with Gasteiger partial charge in [0.25, 0.3) is 0 Å². The molecule has 3 N–H and O–H groups in total. The van der Waals surface area contributed by atoms with E-state index in [-0.39, 0.29) is 25.4 Å². The van der Waals surface area contributed by atoms with E-state index in [9.17, 15) is 14.4 Å². The molecular weight excluding hydrogens is 350 g/mol. The number of furan rings is 1. The van der Waals surface area contributed by atoms with Crippen molar-refractivity contribution in [2.24, 2.45) is 0 Å². The summed E-state index contributed by atoms with van der Waals surface area (Å²) in [6.45, 7) is 0.702. The maximum Gasteiger partial charge on any atom is 0.315 e. The number of carboxylic acid groups (broad SMARTS) is 1. The van der Waals surface area contributed by atoms with Crippen molar-refractivity contribution in [2.45, 2.75) is 25.9 Å². The van der Waals surface area contributed by atoms with E-state index in [0.717, 1.165) is 5.56 Å². The normalized spacial score (nSPS) is 10.2. The number of carboxylic acids is 1. The van der Waals surface area contributed by atoms with Gasteiger partial charge >= 0.3 is 12.0 Å². The number of carbonyl (C=O) groups is 3. The van der Waals surface area contributed by atoms with Crippen LogP contribution in [0.15, 0.2) is 53.1 Å². The standard InChI is InChI=1S/C19H23N3O5/c23-17(13-21-19(26)20-12-16-8-5-11-27-16)22(10-4-9-18(24)25)14-15-6-2-1-3-7-15/h1-3,5-8,11H,4,9-10,12-14H2,(H,24,25)(H2,20,21,26). The molecule has 1 aromatic carbocycles. The number of rotatable bonds is 10. The first-order valence-electron chi connectivity index (χ1n) is 8.62. The second-order valence-electron chi connectivity index (χ2n) is 5.91. The third-order valence-corrected chi connectivity index (χ3v) is 3.79. The Bertz CT molecular complexity index is 731. The van der Waals surface area contributed by atoms with Crippen LogP contribution in [-0.2, 0) is 22.7 Å². The van der Waals surface area contributed by atoms with Crippen LogP contribution in [-0.4, -0.2) is 41.0 Å². The van der Waals surface area contributed by atoms with Gasteiger partial charge in [0.2, 0.25) is 5.91 Å². The molecule has 0 fully saturated rings. The molecule has 0 unspecified atom stereocenters. The lowest BCUT2D eigenvalue weighted by Gasteiger charge is -2.23. The van der Waals surface area contributed by atoms with Crippen molar-refractivity contribution in [1.82, 2.24) is 15.5 Å². The summed E-state index contributed by atoms with van der Waals surface area (Å²) in [4.78, 5) is 36.6. The van der Waals surface area contributed by atoms with E-state index in [1.54, 1.807) is 17.0 Å². The van der Waals surface area contributed by atoms with E-state index < -0.39 is 12.0 Å². The molecule has 144 valence electrons. The minimum atomic E-state index is -0.905. The maximum absolute atomic E-state index is 12.5. The van der Waals surface area contributed by atoms with Crippen LogP contribution >= 0.6 is 0 Å². The first-order chi connectivity index (χ1) is 13.0. The summed E-state index contributed by atoms with van der Waals surface area (Å²) in [7, 11) is 0. The molecule has 0 atom stereocenters. The molecule has 0 aliphatic rings. The first-order valence-corrected chi connectivity index (χ1v) is 8.62. The van der Waals surface area contributed by atoms with Crippen molar-refractivity contribution in [3.8, 4) is 0 Å². The number of aliphatic carboxylic acids is 1. The van der Waals surface area contributed by atoms with Crippen molar-refractivity contribution < 1.29 is 23.9 Å². The van der Waals surface area contributed by atoms with Crippen LogP contribution in [0.25, 0.3) is 0 Å². The van der Waals surface area contributed by atoms with Crippen LogP contribution in [0, 0.1) is 0 Å². The van der Waals surface area contributed by atoms with Gasteiger partial charge in [0.05, 0.1) is 19.4 Å². The zero-order valence-corrected chi connectivity index (χ0v) is 14.9. The van der Waals surface area contributed by atoms with Gasteiger partial charge in [0.1, 0.15) is 5.76 Å². The largest absolute Gasteiger partial charge is 0.481 e. The highest BCUT2D eigenvalue weighted by atomic mass is 16.4. The Morgan fingerprint density at radius 2 is 1.81 bits per heavy atom. The molecule has 27 heavy (non-hydrogen) atoms. The Morgan fingerprint density at radius 1 is 1.04 bits per heavy atom. The van der Waals surface area contributed by atoms with Crippen LogP contribution < -0.4 is 10.6 Å². The summed E-state index contributed by atoms with van der Waals surface area (Å²) in [5.74, 6) is -0.578. The molecule has 0 bridgehead atoms. The van der Waals surface area contributed by atoms with Gasteiger partial charge in [-0.05, 0) is 24.1 Å². The topological polar surface area (TPSA) is 112 Å². The van der Waals surface area contributed by atoms with Gasteiger partial charge in [-0.25, -0.2) is 4.79 Å². The average molecular weight is 373 g/mol. The van der Waals surface area contributed by atoms with E-state index in [1.807, 2.05) is 30.3 Å². The zero-order valence-electron chi connectivity index (χ0n) is 14.9. The van der Waals surface area contributed by atoms with E-state index in [0.29, 0.717) is 25.3 Å². The van der Waals surface area contributed by atoms with Gasteiger partial charge in [0.15, 0.2) is 0 Å². The molecule has 0 saturated heterocycles. The molecule has 3 amide bonds. The Labute approximate surface area is 157 Å². The van der Waals surface area contributed by atoms with Crippen LogP contribution in [0.2, 0.25) is 0 Å². The van der Waals surface area contributed by atoms with Gasteiger partial charge in [-0.1, -0.05) is 30.3 Å². The highest BCUT2D eigenvalue weighted by Gasteiger charge is 2.15. The molecule has 0 aliphatic heterocycles. The van der Waals surface area contributed by atoms with Gasteiger partial charge in [-0.2, -0.15) is 0 Å². The van der Waals surface area contributed by atoms with Gasteiger partial charge < -0.3 is 25.1 Å². The lowest BCUT2D eigenvalue weighted by molar-refractivity contribution is -0.138. The van der Waals surface area contributed by atoms with E-state index in [1.165, 1.54) is 6.26 Å². The average Bonchev–Trinajstić information content (AvgIpc) is 3.18. The second kappa shape index (κ2) is 10.6. The van der Waals surface area contributed by atoms with Crippen LogP contribution in [0.1, 0.15) is 24.2 Å². The monoisotopic (exact) mass is 373 g/mol. The van der Waals surface area contributed by atoms with Crippen molar-refractivity contribution in [3.05, 3.63) is 60.1 Å². The molecule has 0 saturated carbocycles. The molecule has 0 aliphatic carbocycles. The third-order valence-electron chi connectivity index (χ3n) is 3.79. The SMILES string of the molecule is O=C(O)CCCN(Cc1ccccc1)C(=O)CNC(=O)NCc1ccco1. The van der Waals surface area contributed by atoms with E-state index >= 15 is 0 Å². The number of amides is 3. The Balaban J connectivity index is 1.83. The molecule has 1 aromatic heterocycles. The summed E-state index contributed by atoms with van der Waals surface area (Å²) >= 11 is 0. The van der Waals surface area contributed by atoms with Crippen molar-refractivity contribution >= 4 is 17.9 Å². The molecule has 0 spiro atoms. The fraction of sp³-hybridized carbons (Fsp3) is 0.316. The summed E-state index contributed by atoms with van der Waals surface area (Å²) < 4.78 is 5.11. The number of carbonyl (C=O) groups excluding carboxylic acids is 2. The van der Waals surface area contributed by atoms with Gasteiger partial charge in [-0.15, -0.1) is 0 Å². The predicted octanol–water partition coefficient (Wildman–Crippen LogP) is 1.97. The first kappa shape index (κ1) is 20.0. The number of nitrogens with zero attached hydrogens (tertiary/aromatic N) is 1. The highest BCUT2D eigenvalue weighted by Crippen LogP contribution is 2.06. The number of urea groups is 1. The minimum absolute atomic E-state index is 0.0182. The Morgan fingerprint density at radius 3 is 2.48 bits per heavy atom. The second-order valence-corrected chi connectivity index (χ2v) is 5.91. The maximum atomic E-state index is 12.5. The summed E-state index contributed by atoms with van der Waals surface area (Å²) in [5, 5.41) is 13.9. The van der Waals surface area contributed by atoms with Crippen molar-refractivity contribution in [1.29, 1.82) is 0 Å². The molecule has 8 heteroatoms. The van der Waals surface area contributed by atoms with Crippen molar-refractivity contribution in [3.63, 3.8) is 0 Å². The fourth-order valence-electron chi connectivity index (χ4n) is 2.43. The molecule has 1 heterocycles. The van der Waals surface area contributed by atoms with Crippen LogP contribution in [0.4, 0.5) is 4.79 Å². The minimum Gasteiger partial charge on any atom is -0.481 e. The zero-order chi connectivity index (χ0) is 19.5. The number of benzene rings is 1. The van der Waals surface area contributed by atoms with E-state index in [2.05, 4.69) is 10.6 Å². The quantitative estimate of drug-likeness (QED) is 0.589. The predicted molar refractivity (Wildman–Crippen MR) is 97.7 cm³/mol. The van der Waals surface area contributed by atoms with E-state index in [4.69, 9.17) is 9.52 Å². The Hall–Kier alpha value is -3.29. The fourth-order valence-corrected chi connectivity index (χ4v) is 2.43. The lowest BCUT2D eigenvalue weighted by Crippen LogP contribution is -2.43. The highest BCUT2D eigenvalue weighted by molar-refractivity contribution is 5.84. The van der Waals surface area contributed by atoms with Crippen molar-refractivity contribution in [2.75, 3.05) is 13.1 Å². The number of hydrogen-bond donors (Lipinski definition) is 3. The molecule has 2 rings (SSSR count). The molecule has 0 radical (unpaired) electrons. The summed E-state index contributed by atoms with van der Waals surface area (Å²) in [5.41, 5.74) is 0.934. The van der Waals surface area contributed by atoms with Gasteiger partial charge in [0, 0.05) is 19.5 Å². The van der Waals surface area contributed by atoms with Crippen LogP contribution in [0.5, 0.6) is 0 Å². The third kappa shape index (κ3) is 7.64. The Kier molecular flexibility index (Phi) is 7.90. The van der Waals surface area contributed by atoms with Gasteiger partial charge in [-0.3, -0.25) is 9.59 Å². The number of hydrogen-bond acceptors (Lipinski definition) is 4. The smallest absolute Gasteiger partial charge is 0.315 e. The van der Waals surface area contributed by atoms with Crippen LogP contribution in [0.3, 0.4) is 0 Å². The summed E-state index contributed by atoms with van der Waals surface area (Å²) in [6.07, 6.45) is 1.84. The molecular formula is C19H23N3O5. The summed E-state index contributed by atoms with van der Waals surface area (Å²) in [6, 6.07) is 12.4. The number of nitrogens with one attached hydrogen (secondary N) is 2. The lowest BCUT2D eigenvalue weighted by atomic mass is 10.2.